The highest BCUT2D eigenvalue weighted by Gasteiger charge is 2.82. The van der Waals surface area contributed by atoms with Crippen molar-refractivity contribution in [2.75, 3.05) is 7.11 Å². The van der Waals surface area contributed by atoms with Gasteiger partial charge in [-0.1, -0.05) is 188 Å². The summed E-state index contributed by atoms with van der Waals surface area (Å²) in [6, 6.07) is 40.9. The minimum atomic E-state index is -5.81. The van der Waals surface area contributed by atoms with Crippen LogP contribution in [0.5, 0.6) is 11.5 Å². The summed E-state index contributed by atoms with van der Waals surface area (Å²) in [6.45, 7) is 37.7. The standard InChI is InChI=1S/C44H42F6O2S3.C43H40F6O2S3.C2H3N.2CH4.BBr3/c1-39(2,3)24-13-11-23(12-14-24)37-34(26-21-25(51-10)15-16-28(26)52-37)36-35(42(45,46)44(49,50)43(36,47)48)27-22-31(29-17-19-32(53-29)40(4,5)6)55-38(27)30-18-20-33(54-30)41(7,8)9;1-38(2,3)23-12-10-22(11-13-23)36-33(25-20-24(50)14-15-27(25)51-36)35-34(41(44,45)43(48,49)42(35,46)47)26-21-30(28-16-18-31(52-28)39(4,5)6)54-37(26)29-17-19-32(53-29)40(7,8)9;1-2-3;;;2-1(3)4/h11-22H,1-10H3;10-21,50H,1-9H3;1H3;2*1H4;. The molecule has 0 saturated heterocycles. The number of furan rings is 2. The summed E-state index contributed by atoms with van der Waals surface area (Å²) in [5, 5.41) is 17.6. The van der Waals surface area contributed by atoms with Gasteiger partial charge in [0, 0.05) is 122 Å². The Bertz CT molecular complexity index is 5780. The summed E-state index contributed by atoms with van der Waals surface area (Å²) >= 11 is 17.1. The third kappa shape index (κ3) is 17.7. The van der Waals surface area contributed by atoms with E-state index >= 15 is 52.7 Å². The van der Waals surface area contributed by atoms with Gasteiger partial charge in [-0.2, -0.15) is 57.9 Å². The molecule has 5 nitrogen and oxygen atoms in total. The number of benzene rings is 4. The Hall–Kier alpha value is -6.61. The van der Waals surface area contributed by atoms with Crippen molar-refractivity contribution in [1.29, 1.82) is 5.26 Å². The molecule has 0 saturated carbocycles. The number of nitrogens with zero attached hydrogens (tertiary/aromatic N) is 1. The van der Waals surface area contributed by atoms with E-state index in [1.54, 1.807) is 66.7 Å². The number of hydrogen-bond donors (Lipinski definition) is 1. The van der Waals surface area contributed by atoms with Gasteiger partial charge in [-0.25, -0.2) is 0 Å². The van der Waals surface area contributed by atoms with Gasteiger partial charge in [-0.15, -0.1) is 115 Å². The van der Waals surface area contributed by atoms with E-state index in [0.29, 0.717) is 24.4 Å². The molecule has 0 radical (unpaired) electrons. The number of nitriles is 1. The van der Waals surface area contributed by atoms with E-state index in [1.807, 2.05) is 161 Å². The number of thiophene rings is 6. The molecule has 0 aliphatic heterocycles. The SMILES string of the molecule is BrB(Br)Br.C.C.CC#N.CC(C)(C)c1ccc(-c2oc3ccc(O)cc3c2C2=C(c3cc(-c4ccc(C(C)(C)C)s4)sc3-c3ccc(C(C)(C)C)s3)C(F)(F)C(F)(F)C2(F)F)cc1.COc1ccc2oc(-c3ccc(C(C)(C)C)cc3)c(C3=C(c4cc(-c5ccc(C(C)(C)C)s5)sc4-c4ccc(C(C)(C)C)s4)C(F)(F)C(F)(F)C3(F)F)c2c1. The Balaban J connectivity index is 0.000000246. The van der Waals surface area contributed by atoms with Crippen LogP contribution in [0.15, 0.2) is 154 Å². The molecular weight excluding hydrogens is 1840 g/mol. The zero-order valence-electron chi connectivity index (χ0n) is 67.2. The summed E-state index contributed by atoms with van der Waals surface area (Å²) in [6.07, 6.45) is 0. The number of phenolic OH excluding ortho intramolecular Hbond substituents is 1. The second kappa shape index (κ2) is 33.6. The van der Waals surface area contributed by atoms with Crippen LogP contribution in [0.3, 0.4) is 0 Å². The lowest BCUT2D eigenvalue weighted by Gasteiger charge is -2.26. The first-order valence-electron chi connectivity index (χ1n) is 36.7. The lowest BCUT2D eigenvalue weighted by atomic mass is 9.86. The number of methoxy groups -OCH3 is 1. The molecule has 2 aliphatic carbocycles. The van der Waals surface area contributed by atoms with Crippen LogP contribution in [0.25, 0.3) is 106 Å². The molecule has 1 N–H and O–H groups in total. The third-order valence-electron chi connectivity index (χ3n) is 19.7. The van der Waals surface area contributed by atoms with Gasteiger partial charge in [0.15, 0.2) is 0 Å². The second-order valence-corrected chi connectivity index (χ2v) is 47.5. The average Bonchev–Trinajstić information content (AvgIpc) is 1.52. The van der Waals surface area contributed by atoms with E-state index in [4.69, 9.17) is 18.8 Å². The molecule has 0 fully saturated rings. The molecular formula is C91H93BBr3F12NO4S6. The molecule has 27 heteroatoms. The van der Waals surface area contributed by atoms with E-state index in [0.717, 1.165) is 64.3 Å². The highest BCUT2D eigenvalue weighted by molar-refractivity contribution is 9.69. The highest BCUT2D eigenvalue weighted by atomic mass is 79.9. The van der Waals surface area contributed by atoms with Crippen molar-refractivity contribution in [3.8, 4) is 79.2 Å². The van der Waals surface area contributed by atoms with Gasteiger partial charge < -0.3 is 18.7 Å². The molecule has 4 aromatic carbocycles. The van der Waals surface area contributed by atoms with Crippen molar-refractivity contribution in [3.63, 3.8) is 0 Å². The van der Waals surface area contributed by atoms with Crippen molar-refractivity contribution in [2.24, 2.45) is 0 Å². The highest BCUT2D eigenvalue weighted by Crippen LogP contribution is 2.70. The molecule has 2 aliphatic rings. The van der Waals surface area contributed by atoms with Crippen LogP contribution in [0.2, 0.25) is 0 Å². The molecule has 12 aromatic rings. The van der Waals surface area contributed by atoms with E-state index in [2.05, 4.69) is 47.3 Å². The number of phenols is 1. The molecule has 0 bridgehead atoms. The summed E-state index contributed by atoms with van der Waals surface area (Å²) in [4.78, 5) is 7.68. The molecule has 0 spiro atoms. The van der Waals surface area contributed by atoms with Crippen molar-refractivity contribution < 1.29 is 71.4 Å². The number of fused-ring (bicyclic) bond motifs is 2. The zero-order valence-corrected chi connectivity index (χ0v) is 76.8. The van der Waals surface area contributed by atoms with Crippen LogP contribution in [0.1, 0.15) is 199 Å². The van der Waals surface area contributed by atoms with Crippen LogP contribution in [0.4, 0.5) is 52.7 Å². The molecule has 14 rings (SSSR count). The summed E-state index contributed by atoms with van der Waals surface area (Å²) < 4.78 is 216. The Morgan fingerprint density at radius 3 is 0.966 bits per heavy atom. The largest absolute Gasteiger partial charge is 0.508 e. The predicted molar refractivity (Wildman–Crippen MR) is 486 cm³/mol. The zero-order chi connectivity index (χ0) is 86.1. The number of aromatic hydroxyl groups is 1. The predicted octanol–water partition coefficient (Wildman–Crippen LogP) is 34.4. The van der Waals surface area contributed by atoms with Crippen molar-refractivity contribution >= 4 is 163 Å². The van der Waals surface area contributed by atoms with Crippen molar-refractivity contribution in [3.05, 3.63) is 198 Å². The van der Waals surface area contributed by atoms with Gasteiger partial charge >= 0.3 is 38.7 Å². The van der Waals surface area contributed by atoms with Gasteiger partial charge in [0.05, 0.1) is 22.9 Å². The van der Waals surface area contributed by atoms with Gasteiger partial charge in [-0.3, -0.25) is 0 Å². The summed E-state index contributed by atoms with van der Waals surface area (Å²) in [7, 11) is 1.37. The van der Waals surface area contributed by atoms with Gasteiger partial charge in [0.1, 0.15) is 34.2 Å². The van der Waals surface area contributed by atoms with Crippen molar-refractivity contribution in [2.45, 2.75) is 214 Å². The maximum Gasteiger partial charge on any atom is 0.380 e. The van der Waals surface area contributed by atoms with E-state index in [1.165, 1.54) is 102 Å². The lowest BCUT2D eigenvalue weighted by molar-refractivity contribution is -0.254. The Labute approximate surface area is 732 Å². The summed E-state index contributed by atoms with van der Waals surface area (Å²) in [5.74, 6) is -33.5. The monoisotopic (exact) mass is 1930 g/mol. The maximum absolute atomic E-state index is 16.8. The number of rotatable bonds is 11. The smallest absolute Gasteiger partial charge is 0.380 e. The maximum atomic E-state index is 16.8. The minimum Gasteiger partial charge on any atom is -0.508 e. The number of ether oxygens (including phenoxy) is 1. The molecule has 118 heavy (non-hydrogen) atoms. The van der Waals surface area contributed by atoms with Crippen LogP contribution in [0, 0.1) is 11.3 Å². The van der Waals surface area contributed by atoms with Gasteiger partial charge in [0.2, 0.25) is 0 Å². The lowest BCUT2D eigenvalue weighted by Crippen LogP contribution is -2.48. The minimum absolute atomic E-state index is 0. The van der Waals surface area contributed by atoms with Gasteiger partial charge in [0.25, 0.3) is 0 Å². The first-order chi connectivity index (χ1) is 53.4. The molecule has 0 unspecified atom stereocenters. The Morgan fingerprint density at radius 2 is 0.669 bits per heavy atom. The first-order valence-corrected chi connectivity index (χ1v) is 44.3. The molecule has 0 amide bonds. The van der Waals surface area contributed by atoms with Gasteiger partial charge in [-0.05, 0) is 141 Å². The number of alkyl halides is 12. The molecule has 8 heterocycles. The number of halogens is 15. The van der Waals surface area contributed by atoms with Crippen LogP contribution in [-0.2, 0) is 32.5 Å². The normalized spacial score (nSPS) is 16.2. The third-order valence-corrected chi connectivity index (χ3v) is 28.8. The quantitative estimate of drug-likeness (QED) is 0.103. The average molecular weight is 1940 g/mol. The van der Waals surface area contributed by atoms with Crippen molar-refractivity contribution in [1.82, 2.24) is 0 Å². The second-order valence-electron chi connectivity index (χ2n) is 34.6. The molecule has 0 atom stereocenters. The van der Waals surface area contributed by atoms with Crippen LogP contribution in [-0.4, -0.2) is 50.9 Å². The number of hydrogen-bond acceptors (Lipinski definition) is 11. The topological polar surface area (TPSA) is 79.5 Å². The fourth-order valence-corrected chi connectivity index (χ4v) is 20.5. The van der Waals surface area contributed by atoms with E-state index in [9.17, 15) is 5.11 Å². The van der Waals surface area contributed by atoms with E-state index in [-0.39, 0.29) is 122 Å². The first kappa shape index (κ1) is 95.2. The number of allylic oxidation sites excluding steroid dienone is 4. The van der Waals surface area contributed by atoms with Crippen LogP contribution < -0.4 is 4.74 Å². The Morgan fingerprint density at radius 1 is 0.381 bits per heavy atom. The fraction of sp³-hybridized carbons (Fsp3) is 0.374. The summed E-state index contributed by atoms with van der Waals surface area (Å²) in [5.41, 5.74) is -7.09. The fourth-order valence-electron chi connectivity index (χ4n) is 13.5. The molecule has 630 valence electrons. The van der Waals surface area contributed by atoms with Crippen LogP contribution >= 0.6 is 115 Å². The Kier molecular flexibility index (Phi) is 27.1. The van der Waals surface area contributed by atoms with E-state index < -0.39 is 74.5 Å². The molecule has 8 aromatic heterocycles.